The van der Waals surface area contributed by atoms with Crippen molar-refractivity contribution in [2.45, 2.75) is 29.7 Å². The number of rotatable bonds is 5. The van der Waals surface area contributed by atoms with Crippen LogP contribution in [0.3, 0.4) is 0 Å². The Bertz CT molecular complexity index is 1260. The summed E-state index contributed by atoms with van der Waals surface area (Å²) in [5.74, 6) is 0.313. The van der Waals surface area contributed by atoms with Crippen molar-refractivity contribution in [2.75, 3.05) is 5.73 Å². The summed E-state index contributed by atoms with van der Waals surface area (Å²) in [5.41, 5.74) is 9.27. The molecule has 6 nitrogen and oxygen atoms in total. The topological polar surface area (TPSA) is 90.9 Å². The first-order valence-electron chi connectivity index (χ1n) is 9.60. The predicted octanol–water partition coefficient (Wildman–Crippen LogP) is 4.47. The van der Waals surface area contributed by atoms with Gasteiger partial charge in [0.2, 0.25) is 14.9 Å². The number of nitrogen functional groups attached to an aromatic ring is 1. The largest absolute Gasteiger partial charge is 0.399 e. The van der Waals surface area contributed by atoms with Crippen molar-refractivity contribution in [3.63, 3.8) is 0 Å². The maximum absolute atomic E-state index is 13.5. The summed E-state index contributed by atoms with van der Waals surface area (Å²) in [4.78, 5) is 0.188. The Kier molecular flexibility index (Phi) is 5.13. The van der Waals surface area contributed by atoms with E-state index in [9.17, 15) is 8.42 Å². The van der Waals surface area contributed by atoms with Crippen LogP contribution in [-0.4, -0.2) is 23.4 Å². The highest BCUT2D eigenvalue weighted by atomic mass is 32.2. The van der Waals surface area contributed by atoms with Gasteiger partial charge in [-0.15, -0.1) is 5.10 Å². The lowest BCUT2D eigenvalue weighted by molar-refractivity contribution is 0.592. The van der Waals surface area contributed by atoms with Crippen molar-refractivity contribution in [3.05, 3.63) is 84.4 Å². The number of aromatic nitrogens is 3. The van der Waals surface area contributed by atoms with Gasteiger partial charge in [0.25, 0.3) is 0 Å². The Hall–Kier alpha value is -3.45. The summed E-state index contributed by atoms with van der Waals surface area (Å²) >= 11 is 0. The fourth-order valence-corrected chi connectivity index (χ4v) is 4.55. The molecule has 0 aliphatic heterocycles. The van der Waals surface area contributed by atoms with Gasteiger partial charge in [0.1, 0.15) is 5.69 Å². The van der Waals surface area contributed by atoms with Crippen molar-refractivity contribution < 1.29 is 8.42 Å². The van der Waals surface area contributed by atoms with Gasteiger partial charge in [0.15, 0.2) is 0 Å². The smallest absolute Gasteiger partial charge is 0.227 e. The molecule has 4 aromatic rings. The lowest BCUT2D eigenvalue weighted by Gasteiger charge is -2.10. The molecular formula is C23H22N4O2S. The first kappa shape index (κ1) is 19.8. The third-order valence-corrected chi connectivity index (χ3v) is 6.61. The fourth-order valence-electron chi connectivity index (χ4n) is 3.23. The van der Waals surface area contributed by atoms with E-state index in [2.05, 4.69) is 24.2 Å². The molecule has 30 heavy (non-hydrogen) atoms. The Balaban J connectivity index is 1.90. The van der Waals surface area contributed by atoms with E-state index in [0.717, 1.165) is 5.56 Å². The van der Waals surface area contributed by atoms with E-state index >= 15 is 0 Å². The van der Waals surface area contributed by atoms with Crippen LogP contribution in [0.4, 0.5) is 5.69 Å². The molecule has 152 valence electrons. The van der Waals surface area contributed by atoms with Crippen molar-refractivity contribution in [1.29, 1.82) is 0 Å². The van der Waals surface area contributed by atoms with E-state index in [4.69, 9.17) is 5.73 Å². The molecule has 1 heterocycles. The zero-order valence-electron chi connectivity index (χ0n) is 16.7. The normalized spacial score (nSPS) is 11.7. The van der Waals surface area contributed by atoms with Gasteiger partial charge in [-0.1, -0.05) is 61.5 Å². The van der Waals surface area contributed by atoms with Crippen LogP contribution in [0.1, 0.15) is 25.3 Å². The molecule has 2 N–H and O–H groups in total. The molecule has 0 bridgehead atoms. The van der Waals surface area contributed by atoms with Crippen LogP contribution in [0.25, 0.3) is 16.9 Å². The van der Waals surface area contributed by atoms with E-state index in [0.29, 0.717) is 28.6 Å². The molecule has 1 aromatic heterocycles. The molecule has 0 aliphatic carbocycles. The van der Waals surface area contributed by atoms with E-state index in [1.807, 2.05) is 42.5 Å². The lowest BCUT2D eigenvalue weighted by atomic mass is 10.0. The molecule has 4 rings (SSSR count). The van der Waals surface area contributed by atoms with E-state index in [1.54, 1.807) is 36.4 Å². The van der Waals surface area contributed by atoms with E-state index < -0.39 is 9.84 Å². The minimum Gasteiger partial charge on any atom is -0.399 e. The maximum Gasteiger partial charge on any atom is 0.227 e. The molecule has 0 radical (unpaired) electrons. The third kappa shape index (κ3) is 3.59. The van der Waals surface area contributed by atoms with Crippen molar-refractivity contribution in [3.8, 4) is 16.9 Å². The molecule has 0 unspecified atom stereocenters. The standard InChI is InChI=1S/C23H22N4O2S/c1-16(2)17-8-14-21(15-9-17)30(28,29)23-22(18-6-4-3-5-7-18)27(26-25-23)20-12-10-19(24)11-13-20/h3-16H,24H2,1-2H3. The second-order valence-electron chi connectivity index (χ2n) is 7.34. The quantitative estimate of drug-likeness (QED) is 0.483. The summed E-state index contributed by atoms with van der Waals surface area (Å²) in [7, 11) is -3.87. The van der Waals surface area contributed by atoms with Crippen LogP contribution >= 0.6 is 0 Å². The summed E-state index contributed by atoms with van der Waals surface area (Å²) in [6.45, 7) is 4.13. The van der Waals surface area contributed by atoms with Crippen LogP contribution in [0.5, 0.6) is 0 Å². The van der Waals surface area contributed by atoms with Gasteiger partial charge >= 0.3 is 0 Å². The van der Waals surface area contributed by atoms with Gasteiger partial charge in [-0.3, -0.25) is 0 Å². The lowest BCUT2D eigenvalue weighted by Crippen LogP contribution is -2.06. The van der Waals surface area contributed by atoms with Gasteiger partial charge in [0, 0.05) is 11.3 Å². The van der Waals surface area contributed by atoms with Gasteiger partial charge in [0.05, 0.1) is 10.6 Å². The van der Waals surface area contributed by atoms with Crippen LogP contribution in [0.2, 0.25) is 0 Å². The van der Waals surface area contributed by atoms with Crippen LogP contribution in [0, 0.1) is 0 Å². The zero-order valence-corrected chi connectivity index (χ0v) is 17.5. The predicted molar refractivity (Wildman–Crippen MR) is 117 cm³/mol. The monoisotopic (exact) mass is 418 g/mol. The molecule has 0 fully saturated rings. The minimum atomic E-state index is -3.87. The molecule has 0 atom stereocenters. The number of hydrogen-bond donors (Lipinski definition) is 1. The highest BCUT2D eigenvalue weighted by molar-refractivity contribution is 7.91. The van der Waals surface area contributed by atoms with Crippen LogP contribution < -0.4 is 5.73 Å². The number of hydrogen-bond acceptors (Lipinski definition) is 5. The van der Waals surface area contributed by atoms with Gasteiger partial charge < -0.3 is 5.73 Å². The number of benzene rings is 3. The molecule has 7 heteroatoms. The average molecular weight is 419 g/mol. The minimum absolute atomic E-state index is 0.0807. The molecular weight excluding hydrogens is 396 g/mol. The first-order valence-corrected chi connectivity index (χ1v) is 11.1. The molecule has 0 saturated heterocycles. The number of nitrogens with zero attached hydrogens (tertiary/aromatic N) is 3. The zero-order chi connectivity index (χ0) is 21.3. The average Bonchev–Trinajstić information content (AvgIpc) is 3.21. The summed E-state index contributed by atoms with van der Waals surface area (Å²) in [6.07, 6.45) is 0. The summed E-state index contributed by atoms with van der Waals surface area (Å²) < 4.78 is 28.5. The fraction of sp³-hybridized carbons (Fsp3) is 0.130. The Morgan fingerprint density at radius 2 is 1.50 bits per heavy atom. The second-order valence-corrected chi connectivity index (χ2v) is 9.20. The second kappa shape index (κ2) is 7.76. The van der Waals surface area contributed by atoms with Crippen LogP contribution in [0.15, 0.2) is 88.8 Å². The molecule has 3 aromatic carbocycles. The molecule has 0 amide bonds. The van der Waals surface area contributed by atoms with Gasteiger partial charge in [-0.25, -0.2) is 13.1 Å². The first-order chi connectivity index (χ1) is 14.4. The Morgan fingerprint density at radius 1 is 0.867 bits per heavy atom. The van der Waals surface area contributed by atoms with Gasteiger partial charge in [-0.05, 0) is 47.9 Å². The van der Waals surface area contributed by atoms with Crippen molar-refractivity contribution in [2.24, 2.45) is 0 Å². The highest BCUT2D eigenvalue weighted by Crippen LogP contribution is 2.32. The third-order valence-electron chi connectivity index (χ3n) is 4.94. The van der Waals surface area contributed by atoms with E-state index in [1.165, 1.54) is 4.68 Å². The Labute approximate surface area is 175 Å². The Morgan fingerprint density at radius 3 is 2.10 bits per heavy atom. The summed E-state index contributed by atoms with van der Waals surface area (Å²) in [5, 5.41) is 8.19. The van der Waals surface area contributed by atoms with Crippen LogP contribution in [-0.2, 0) is 9.84 Å². The summed E-state index contributed by atoms with van der Waals surface area (Å²) in [6, 6.07) is 23.2. The van der Waals surface area contributed by atoms with Crippen molar-refractivity contribution >= 4 is 15.5 Å². The van der Waals surface area contributed by atoms with Crippen molar-refractivity contribution in [1.82, 2.24) is 15.0 Å². The maximum atomic E-state index is 13.5. The number of anilines is 1. The van der Waals surface area contributed by atoms with E-state index in [-0.39, 0.29) is 9.92 Å². The SMILES string of the molecule is CC(C)c1ccc(S(=O)(=O)c2nnn(-c3ccc(N)cc3)c2-c2ccccc2)cc1. The van der Waals surface area contributed by atoms with Gasteiger partial charge in [-0.2, -0.15) is 0 Å². The number of sulfone groups is 1. The number of nitrogens with two attached hydrogens (primary N) is 1. The molecule has 0 saturated carbocycles. The molecule has 0 spiro atoms. The highest BCUT2D eigenvalue weighted by Gasteiger charge is 2.29. The molecule has 0 aliphatic rings.